The Hall–Kier alpha value is -1.13. The van der Waals surface area contributed by atoms with Gasteiger partial charge >= 0.3 is 0 Å². The fourth-order valence-corrected chi connectivity index (χ4v) is 10.0. The van der Waals surface area contributed by atoms with E-state index >= 15 is 0 Å². The fraction of sp³-hybridized carbons (Fsp3) is 0.750. The van der Waals surface area contributed by atoms with Gasteiger partial charge in [-0.15, -0.1) is 10.3 Å². The van der Waals surface area contributed by atoms with Crippen LogP contribution in [0.5, 0.6) is 0 Å². The number of aromatic nitrogens is 1. The minimum absolute atomic E-state index is 0.0945. The summed E-state index contributed by atoms with van der Waals surface area (Å²) in [4.78, 5) is 17.9. The monoisotopic (exact) mass is 511 g/mol. The van der Waals surface area contributed by atoms with Crippen LogP contribution >= 0.6 is 10.3 Å². The lowest BCUT2D eigenvalue weighted by atomic mass is 9.47. The molecule has 0 aromatic carbocycles. The second-order valence-corrected chi connectivity index (χ2v) is 18.2. The van der Waals surface area contributed by atoms with E-state index in [0.717, 1.165) is 24.5 Å². The third-order valence-electron chi connectivity index (χ3n) is 11.5. The highest BCUT2D eigenvalue weighted by atomic mass is 32.3. The third kappa shape index (κ3) is 4.13. The SMILES string of the molecule is CC(=O)[C@H]1[C@H](c2ccccn2)C[C@H]2[C@@H]3CC=C4C[C@@H](OS(C)(C)C(C)(C)C)CC[C@]4(C)[C@H]3CC[C@@]21C. The first-order valence-corrected chi connectivity index (χ1v) is 16.7. The zero-order valence-electron chi connectivity index (χ0n) is 24.0. The molecule has 0 saturated heterocycles. The normalized spacial score (nSPS) is 41.1. The number of nitrogens with zero attached hydrogens (tertiary/aromatic N) is 1. The molecule has 3 nitrogen and oxygen atoms in total. The van der Waals surface area contributed by atoms with Gasteiger partial charge in [0.15, 0.2) is 0 Å². The Morgan fingerprint density at radius 2 is 1.86 bits per heavy atom. The minimum Gasteiger partial charge on any atom is -0.333 e. The van der Waals surface area contributed by atoms with E-state index in [4.69, 9.17) is 9.17 Å². The second kappa shape index (κ2) is 8.97. The molecule has 4 heteroatoms. The molecule has 5 rings (SSSR count). The smallest absolute Gasteiger partial charge is 0.134 e. The number of hydrogen-bond acceptors (Lipinski definition) is 3. The lowest BCUT2D eigenvalue weighted by Crippen LogP contribution is -2.51. The molecule has 36 heavy (non-hydrogen) atoms. The number of carbonyl (C=O) groups is 1. The van der Waals surface area contributed by atoms with Crippen molar-refractivity contribution >= 4 is 16.1 Å². The maximum absolute atomic E-state index is 13.1. The van der Waals surface area contributed by atoms with E-state index < -0.39 is 10.3 Å². The van der Waals surface area contributed by atoms with Crippen LogP contribution in [0.25, 0.3) is 0 Å². The molecule has 1 heterocycles. The summed E-state index contributed by atoms with van der Waals surface area (Å²) in [5.74, 6) is 2.75. The zero-order chi connectivity index (χ0) is 26.1. The molecule has 3 saturated carbocycles. The van der Waals surface area contributed by atoms with Crippen molar-refractivity contribution in [2.24, 2.45) is 34.5 Å². The summed E-state index contributed by atoms with van der Waals surface area (Å²) in [7, 11) is -1.11. The maximum Gasteiger partial charge on any atom is 0.134 e. The molecule has 0 unspecified atom stereocenters. The van der Waals surface area contributed by atoms with Gasteiger partial charge in [-0.2, -0.15) is 0 Å². The number of Topliss-reactive ketones (excluding diaryl/α,β-unsaturated/α-hetero) is 1. The number of carbonyl (C=O) groups excluding carboxylic acids is 1. The summed E-state index contributed by atoms with van der Waals surface area (Å²) >= 11 is 0. The van der Waals surface area contributed by atoms with Gasteiger partial charge < -0.3 is 4.18 Å². The van der Waals surface area contributed by atoms with E-state index in [-0.39, 0.29) is 22.0 Å². The van der Waals surface area contributed by atoms with E-state index in [2.05, 4.69) is 65.3 Å². The Morgan fingerprint density at radius 1 is 1.11 bits per heavy atom. The Kier molecular flexibility index (Phi) is 6.60. The van der Waals surface area contributed by atoms with Gasteiger partial charge in [-0.3, -0.25) is 9.78 Å². The molecule has 0 N–H and O–H groups in total. The Bertz CT molecular complexity index is 1030. The Balaban J connectivity index is 1.41. The summed E-state index contributed by atoms with van der Waals surface area (Å²) in [6, 6.07) is 6.23. The molecule has 0 aliphatic heterocycles. The van der Waals surface area contributed by atoms with Crippen LogP contribution in [-0.2, 0) is 8.98 Å². The molecule has 0 spiro atoms. The van der Waals surface area contributed by atoms with E-state index in [0.29, 0.717) is 29.1 Å². The summed E-state index contributed by atoms with van der Waals surface area (Å²) in [6.07, 6.45) is 17.8. The third-order valence-corrected chi connectivity index (χ3v) is 15.2. The average Bonchev–Trinajstić information content (AvgIpc) is 3.12. The number of ketones is 1. The molecule has 1 aromatic heterocycles. The van der Waals surface area contributed by atoms with Gasteiger partial charge in [-0.25, -0.2) is 0 Å². The number of rotatable bonds is 4. The fourth-order valence-electron chi connectivity index (χ4n) is 8.88. The van der Waals surface area contributed by atoms with E-state index in [9.17, 15) is 4.79 Å². The first kappa shape index (κ1) is 26.5. The average molecular weight is 512 g/mol. The van der Waals surface area contributed by atoms with Crippen molar-refractivity contribution in [1.82, 2.24) is 4.98 Å². The molecular weight excluding hydrogens is 462 g/mol. The molecule has 200 valence electrons. The topological polar surface area (TPSA) is 39.2 Å². The molecule has 0 radical (unpaired) electrons. The minimum atomic E-state index is -1.11. The predicted molar refractivity (Wildman–Crippen MR) is 152 cm³/mol. The Labute approximate surface area is 221 Å². The van der Waals surface area contributed by atoms with Gasteiger partial charge in [0.2, 0.25) is 0 Å². The van der Waals surface area contributed by atoms with E-state index in [1.165, 1.54) is 32.1 Å². The summed E-state index contributed by atoms with van der Waals surface area (Å²) in [6.45, 7) is 13.8. The molecule has 4 aliphatic rings. The van der Waals surface area contributed by atoms with Crippen LogP contribution < -0.4 is 0 Å². The highest BCUT2D eigenvalue weighted by Gasteiger charge is 2.62. The highest BCUT2D eigenvalue weighted by Crippen LogP contribution is 2.69. The molecule has 3 fully saturated rings. The van der Waals surface area contributed by atoms with Crippen LogP contribution in [0, 0.1) is 34.5 Å². The van der Waals surface area contributed by atoms with Crippen molar-refractivity contribution in [3.05, 3.63) is 41.7 Å². The molecule has 0 bridgehead atoms. The van der Waals surface area contributed by atoms with Crippen LogP contribution in [0.2, 0.25) is 0 Å². The molecule has 4 aliphatic carbocycles. The van der Waals surface area contributed by atoms with Crippen LogP contribution in [0.4, 0.5) is 0 Å². The lowest BCUT2D eigenvalue weighted by Gasteiger charge is -2.58. The van der Waals surface area contributed by atoms with Crippen molar-refractivity contribution in [2.45, 2.75) is 103 Å². The molecule has 8 atom stereocenters. The summed E-state index contributed by atoms with van der Waals surface area (Å²) in [5.41, 5.74) is 3.19. The lowest BCUT2D eigenvalue weighted by molar-refractivity contribution is -0.128. The number of allylic oxidation sites excluding steroid dienone is 1. The van der Waals surface area contributed by atoms with E-state index in [1.807, 2.05) is 19.2 Å². The van der Waals surface area contributed by atoms with Gasteiger partial charge in [-0.05, 0) is 105 Å². The predicted octanol–water partition coefficient (Wildman–Crippen LogP) is 8.11. The standard InChI is InChI=1S/C32H49NO2S/c1-21(34)29-25(28-11-9-10-18-33-28)20-27-24-13-12-22-19-23(35-36(7,8)30(2,3)4)14-16-31(22,5)26(24)15-17-32(27,29)6/h9-12,18,23-27,29H,13-17,19-20H2,1-8H3/t23-,24+,25-,26-,27-,29-,31-,32-/m0/s1. The molecule has 1 aromatic rings. The number of hydrogen-bond donors (Lipinski definition) is 0. The molecular formula is C32H49NO2S. The van der Waals surface area contributed by atoms with Crippen molar-refractivity contribution in [3.8, 4) is 0 Å². The zero-order valence-corrected chi connectivity index (χ0v) is 24.8. The first-order chi connectivity index (χ1) is 16.8. The largest absolute Gasteiger partial charge is 0.333 e. The highest BCUT2D eigenvalue weighted by molar-refractivity contribution is 8.29. The van der Waals surface area contributed by atoms with Crippen molar-refractivity contribution in [2.75, 3.05) is 12.5 Å². The van der Waals surface area contributed by atoms with E-state index in [1.54, 1.807) is 5.57 Å². The van der Waals surface area contributed by atoms with Gasteiger partial charge in [0.05, 0.1) is 6.10 Å². The second-order valence-electron chi connectivity index (χ2n) is 14.3. The van der Waals surface area contributed by atoms with Crippen molar-refractivity contribution < 1.29 is 8.98 Å². The van der Waals surface area contributed by atoms with Crippen LogP contribution in [0.1, 0.15) is 98.1 Å². The first-order valence-electron chi connectivity index (χ1n) is 14.3. The van der Waals surface area contributed by atoms with Gasteiger partial charge in [0, 0.05) is 28.5 Å². The number of pyridine rings is 1. The van der Waals surface area contributed by atoms with Crippen molar-refractivity contribution in [3.63, 3.8) is 0 Å². The van der Waals surface area contributed by atoms with Gasteiger partial charge in [0.1, 0.15) is 5.78 Å². The van der Waals surface area contributed by atoms with Gasteiger partial charge in [-0.1, -0.05) is 52.3 Å². The summed E-state index contributed by atoms with van der Waals surface area (Å²) in [5, 5.41) is 0. The van der Waals surface area contributed by atoms with Crippen LogP contribution in [0.15, 0.2) is 36.0 Å². The summed E-state index contributed by atoms with van der Waals surface area (Å²) < 4.78 is 7.06. The maximum atomic E-state index is 13.1. The van der Waals surface area contributed by atoms with Crippen LogP contribution in [0.3, 0.4) is 0 Å². The molecule has 0 amide bonds. The number of fused-ring (bicyclic) bond motifs is 5. The van der Waals surface area contributed by atoms with Crippen LogP contribution in [-0.4, -0.2) is 34.1 Å². The quantitative estimate of drug-likeness (QED) is 0.383. The van der Waals surface area contributed by atoms with Crippen molar-refractivity contribution in [1.29, 1.82) is 0 Å². The Morgan fingerprint density at radius 3 is 2.50 bits per heavy atom. The van der Waals surface area contributed by atoms with Gasteiger partial charge in [0.25, 0.3) is 0 Å².